The second kappa shape index (κ2) is 7.37. The van der Waals surface area contributed by atoms with Crippen molar-refractivity contribution in [1.29, 1.82) is 0 Å². The Morgan fingerprint density at radius 1 is 1.32 bits per heavy atom. The molecule has 0 saturated heterocycles. The minimum absolute atomic E-state index is 0.113. The predicted molar refractivity (Wildman–Crippen MR) is 99.6 cm³/mol. The highest BCUT2D eigenvalue weighted by molar-refractivity contribution is 9.10. The largest absolute Gasteiger partial charge is 0.490 e. The number of aromatic amines is 1. The van der Waals surface area contributed by atoms with Crippen LogP contribution in [0.5, 0.6) is 5.75 Å². The van der Waals surface area contributed by atoms with Crippen LogP contribution in [0.1, 0.15) is 21.1 Å². The van der Waals surface area contributed by atoms with Crippen LogP contribution in [0.25, 0.3) is 10.2 Å². The Morgan fingerprint density at radius 3 is 2.88 bits per heavy atom. The molecule has 3 aromatic rings. The molecule has 0 radical (unpaired) electrons. The van der Waals surface area contributed by atoms with Crippen LogP contribution < -0.4 is 10.3 Å². The van der Waals surface area contributed by atoms with E-state index >= 15 is 0 Å². The number of rotatable bonds is 5. The van der Waals surface area contributed by atoms with Crippen molar-refractivity contribution in [1.82, 2.24) is 9.97 Å². The minimum Gasteiger partial charge on any atom is -0.490 e. The van der Waals surface area contributed by atoms with E-state index in [1.807, 2.05) is 24.3 Å². The van der Waals surface area contributed by atoms with E-state index in [1.165, 1.54) is 0 Å². The first kappa shape index (κ1) is 17.6. The summed E-state index contributed by atoms with van der Waals surface area (Å²) in [5, 5.41) is 0.438. The summed E-state index contributed by atoms with van der Waals surface area (Å²) in [6, 6.07) is 7.41. The third-order valence-electron chi connectivity index (χ3n) is 3.49. The number of ether oxygens (including phenoxy) is 2. The lowest BCUT2D eigenvalue weighted by Gasteiger charge is -2.07. The number of aromatic nitrogens is 2. The SMILES string of the molecule is Cc1nc2sc(C(=O)OCCOc3cccc(Br)c3)c(C)c2c(=O)[nH]1. The van der Waals surface area contributed by atoms with Gasteiger partial charge in [-0.2, -0.15) is 0 Å². The molecule has 1 aromatic carbocycles. The van der Waals surface area contributed by atoms with Crippen molar-refractivity contribution in [2.75, 3.05) is 13.2 Å². The molecule has 0 bridgehead atoms. The Balaban J connectivity index is 1.65. The smallest absolute Gasteiger partial charge is 0.348 e. The van der Waals surface area contributed by atoms with E-state index < -0.39 is 5.97 Å². The van der Waals surface area contributed by atoms with Gasteiger partial charge in [0, 0.05) is 4.47 Å². The zero-order valence-corrected chi connectivity index (χ0v) is 16.0. The third-order valence-corrected chi connectivity index (χ3v) is 5.14. The number of nitrogens with zero attached hydrogens (tertiary/aromatic N) is 1. The number of halogens is 1. The molecule has 0 fully saturated rings. The third kappa shape index (κ3) is 3.91. The number of carbonyl (C=O) groups is 1. The van der Waals surface area contributed by atoms with Gasteiger partial charge in [-0.15, -0.1) is 11.3 Å². The van der Waals surface area contributed by atoms with Gasteiger partial charge in [-0.3, -0.25) is 4.79 Å². The highest BCUT2D eigenvalue weighted by atomic mass is 79.9. The quantitative estimate of drug-likeness (QED) is 0.501. The van der Waals surface area contributed by atoms with Crippen LogP contribution in [-0.2, 0) is 4.74 Å². The van der Waals surface area contributed by atoms with Crippen LogP contribution in [0.2, 0.25) is 0 Å². The Morgan fingerprint density at radius 2 is 2.12 bits per heavy atom. The lowest BCUT2D eigenvalue weighted by atomic mass is 10.2. The number of H-pyrrole nitrogens is 1. The van der Waals surface area contributed by atoms with Gasteiger partial charge in [0.25, 0.3) is 5.56 Å². The summed E-state index contributed by atoms with van der Waals surface area (Å²) in [6.07, 6.45) is 0. The average Bonchev–Trinajstić information content (AvgIpc) is 2.88. The monoisotopic (exact) mass is 422 g/mol. The maximum Gasteiger partial charge on any atom is 0.348 e. The van der Waals surface area contributed by atoms with Crippen molar-refractivity contribution in [2.45, 2.75) is 13.8 Å². The molecule has 3 rings (SSSR count). The highest BCUT2D eigenvalue weighted by Gasteiger charge is 2.20. The Hall–Kier alpha value is -2.19. The van der Waals surface area contributed by atoms with E-state index in [2.05, 4.69) is 25.9 Å². The van der Waals surface area contributed by atoms with Crippen LogP contribution in [0, 0.1) is 13.8 Å². The Kier molecular flexibility index (Phi) is 5.19. The number of nitrogens with one attached hydrogen (secondary N) is 1. The number of benzene rings is 1. The van der Waals surface area contributed by atoms with Gasteiger partial charge in [0.05, 0.1) is 5.39 Å². The van der Waals surface area contributed by atoms with Crippen molar-refractivity contribution in [3.8, 4) is 5.75 Å². The number of carbonyl (C=O) groups excluding carboxylic acids is 1. The molecule has 0 aliphatic carbocycles. The van der Waals surface area contributed by atoms with Gasteiger partial charge >= 0.3 is 5.97 Å². The topological polar surface area (TPSA) is 81.3 Å². The van der Waals surface area contributed by atoms with Crippen LogP contribution in [0.3, 0.4) is 0 Å². The number of hydrogen-bond acceptors (Lipinski definition) is 6. The fraction of sp³-hybridized carbons (Fsp3) is 0.235. The van der Waals surface area contributed by atoms with Gasteiger partial charge in [-0.1, -0.05) is 22.0 Å². The van der Waals surface area contributed by atoms with Crippen molar-refractivity contribution < 1.29 is 14.3 Å². The molecular formula is C17H15BrN2O4S. The Labute approximate surface area is 155 Å². The number of aryl methyl sites for hydroxylation is 2. The fourth-order valence-corrected chi connectivity index (χ4v) is 3.86. The van der Waals surface area contributed by atoms with Gasteiger partial charge in [-0.25, -0.2) is 9.78 Å². The molecule has 1 N–H and O–H groups in total. The molecule has 0 atom stereocenters. The molecule has 0 spiro atoms. The predicted octanol–water partition coefficient (Wildman–Crippen LogP) is 3.60. The van der Waals surface area contributed by atoms with E-state index in [4.69, 9.17) is 9.47 Å². The first-order valence-corrected chi connectivity index (χ1v) is 9.12. The lowest BCUT2D eigenvalue weighted by Crippen LogP contribution is -2.13. The molecule has 8 heteroatoms. The summed E-state index contributed by atoms with van der Waals surface area (Å²) in [7, 11) is 0. The van der Waals surface area contributed by atoms with Crippen LogP contribution in [0.4, 0.5) is 0 Å². The van der Waals surface area contributed by atoms with E-state index in [0.29, 0.717) is 32.2 Å². The van der Waals surface area contributed by atoms with E-state index in [0.717, 1.165) is 15.8 Å². The van der Waals surface area contributed by atoms with E-state index in [1.54, 1.807) is 13.8 Å². The maximum atomic E-state index is 12.3. The summed E-state index contributed by atoms with van der Waals surface area (Å²) in [6.45, 7) is 3.78. The summed E-state index contributed by atoms with van der Waals surface area (Å²) >= 11 is 4.53. The van der Waals surface area contributed by atoms with Crippen molar-refractivity contribution >= 4 is 43.5 Å². The lowest BCUT2D eigenvalue weighted by molar-refractivity contribution is 0.0455. The van der Waals surface area contributed by atoms with E-state index in [9.17, 15) is 9.59 Å². The normalized spacial score (nSPS) is 10.8. The van der Waals surface area contributed by atoms with Crippen molar-refractivity contribution in [3.05, 3.63) is 55.4 Å². The van der Waals surface area contributed by atoms with Gasteiger partial charge in [0.1, 0.15) is 34.5 Å². The van der Waals surface area contributed by atoms with Gasteiger partial charge in [0.15, 0.2) is 0 Å². The highest BCUT2D eigenvalue weighted by Crippen LogP contribution is 2.27. The molecule has 0 unspecified atom stereocenters. The van der Waals surface area contributed by atoms with Gasteiger partial charge < -0.3 is 14.5 Å². The molecule has 130 valence electrons. The minimum atomic E-state index is -0.476. The fourth-order valence-electron chi connectivity index (χ4n) is 2.36. The second-order valence-electron chi connectivity index (χ2n) is 5.33. The number of thiophene rings is 1. The van der Waals surface area contributed by atoms with E-state index in [-0.39, 0.29) is 18.8 Å². The molecule has 0 aliphatic heterocycles. The maximum absolute atomic E-state index is 12.3. The first-order chi connectivity index (χ1) is 12.0. The average molecular weight is 423 g/mol. The molecule has 25 heavy (non-hydrogen) atoms. The van der Waals surface area contributed by atoms with Crippen LogP contribution in [-0.4, -0.2) is 29.2 Å². The summed E-state index contributed by atoms with van der Waals surface area (Å²) in [5.74, 6) is 0.728. The van der Waals surface area contributed by atoms with Crippen molar-refractivity contribution in [2.24, 2.45) is 0 Å². The number of esters is 1. The zero-order valence-electron chi connectivity index (χ0n) is 13.6. The van der Waals surface area contributed by atoms with Crippen LogP contribution in [0.15, 0.2) is 33.5 Å². The molecule has 2 aromatic heterocycles. The molecular weight excluding hydrogens is 408 g/mol. The summed E-state index contributed by atoms with van der Waals surface area (Å²) in [5.41, 5.74) is 0.347. The number of fused-ring (bicyclic) bond motifs is 1. The first-order valence-electron chi connectivity index (χ1n) is 7.51. The molecule has 0 saturated carbocycles. The van der Waals surface area contributed by atoms with Crippen molar-refractivity contribution in [3.63, 3.8) is 0 Å². The van der Waals surface area contributed by atoms with Gasteiger partial charge in [-0.05, 0) is 37.6 Å². The molecule has 0 aliphatic rings. The molecule has 6 nitrogen and oxygen atoms in total. The summed E-state index contributed by atoms with van der Waals surface area (Å²) < 4.78 is 11.7. The second-order valence-corrected chi connectivity index (χ2v) is 7.24. The molecule has 2 heterocycles. The van der Waals surface area contributed by atoms with Crippen LogP contribution >= 0.6 is 27.3 Å². The number of hydrogen-bond donors (Lipinski definition) is 1. The summed E-state index contributed by atoms with van der Waals surface area (Å²) in [4.78, 5) is 32.2. The standard InChI is InChI=1S/C17H15BrN2O4S/c1-9-13-15(21)19-10(2)20-16(13)25-14(9)17(22)24-7-6-23-12-5-3-4-11(18)8-12/h3-5,8H,6-7H2,1-2H3,(H,19,20,21). The zero-order chi connectivity index (χ0) is 18.0. The Bertz CT molecular complexity index is 996. The van der Waals surface area contributed by atoms with Gasteiger partial charge in [0.2, 0.25) is 0 Å². The molecule has 0 amide bonds.